The summed E-state index contributed by atoms with van der Waals surface area (Å²) < 4.78 is 14.1. The van der Waals surface area contributed by atoms with Crippen LogP contribution in [-0.4, -0.2) is 79.4 Å². The molecule has 35 heavy (non-hydrogen) atoms. The summed E-state index contributed by atoms with van der Waals surface area (Å²) in [6.07, 6.45) is -0.192. The topological polar surface area (TPSA) is 85.0 Å². The summed E-state index contributed by atoms with van der Waals surface area (Å²) in [4.78, 5) is 43.7. The van der Waals surface area contributed by atoms with Crippen molar-refractivity contribution < 1.29 is 18.8 Å². The lowest BCUT2D eigenvalue weighted by molar-refractivity contribution is -0.145. The highest BCUT2D eigenvalue weighted by Crippen LogP contribution is 2.23. The van der Waals surface area contributed by atoms with Gasteiger partial charge in [-0.05, 0) is 30.3 Å². The SMILES string of the molecule is O=C(CC1C(=O)NCCN1C(=O)CN1CCN(c2ccccc2F)CC1)Nc1cc(Cl)cc(Cl)c1. The molecule has 0 aliphatic carbocycles. The average Bonchev–Trinajstić information content (AvgIpc) is 2.80. The fourth-order valence-electron chi connectivity index (χ4n) is 4.37. The number of rotatable bonds is 6. The Kier molecular flexibility index (Phi) is 8.10. The number of nitrogens with zero attached hydrogens (tertiary/aromatic N) is 3. The van der Waals surface area contributed by atoms with Crippen LogP contribution in [0.3, 0.4) is 0 Å². The second-order valence-electron chi connectivity index (χ2n) is 8.52. The van der Waals surface area contributed by atoms with E-state index in [1.54, 1.807) is 36.4 Å². The number of anilines is 2. The van der Waals surface area contributed by atoms with Crippen LogP contribution in [0.4, 0.5) is 15.8 Å². The lowest BCUT2D eigenvalue weighted by Gasteiger charge is -2.39. The van der Waals surface area contributed by atoms with Crippen molar-refractivity contribution in [3.05, 3.63) is 58.3 Å². The zero-order valence-electron chi connectivity index (χ0n) is 19.0. The number of carbonyl (C=O) groups is 3. The van der Waals surface area contributed by atoms with Crippen LogP contribution in [0.1, 0.15) is 6.42 Å². The van der Waals surface area contributed by atoms with Gasteiger partial charge in [-0.1, -0.05) is 35.3 Å². The van der Waals surface area contributed by atoms with E-state index in [1.165, 1.54) is 11.0 Å². The summed E-state index contributed by atoms with van der Waals surface area (Å²) in [5, 5.41) is 6.15. The maximum atomic E-state index is 14.1. The number of carbonyl (C=O) groups excluding carboxylic acids is 3. The number of hydrogen-bond donors (Lipinski definition) is 2. The maximum Gasteiger partial charge on any atom is 0.243 e. The van der Waals surface area contributed by atoms with Crippen LogP contribution in [0.5, 0.6) is 0 Å². The summed E-state index contributed by atoms with van der Waals surface area (Å²) >= 11 is 12.0. The third-order valence-electron chi connectivity index (χ3n) is 6.10. The van der Waals surface area contributed by atoms with E-state index in [0.717, 1.165) is 0 Å². The van der Waals surface area contributed by atoms with Gasteiger partial charge in [0.05, 0.1) is 18.7 Å². The molecule has 3 amide bonds. The fourth-order valence-corrected chi connectivity index (χ4v) is 4.89. The first kappa shape index (κ1) is 25.2. The first-order valence-electron chi connectivity index (χ1n) is 11.3. The Bertz CT molecular complexity index is 1090. The van der Waals surface area contributed by atoms with Gasteiger partial charge < -0.3 is 20.4 Å². The Hall–Kier alpha value is -2.88. The molecule has 0 aromatic heterocycles. The van der Waals surface area contributed by atoms with E-state index in [9.17, 15) is 18.8 Å². The molecule has 4 rings (SSSR count). The molecule has 0 spiro atoms. The third kappa shape index (κ3) is 6.42. The predicted molar refractivity (Wildman–Crippen MR) is 133 cm³/mol. The van der Waals surface area contributed by atoms with Gasteiger partial charge in [0.2, 0.25) is 17.7 Å². The first-order chi connectivity index (χ1) is 16.8. The van der Waals surface area contributed by atoms with E-state index in [2.05, 4.69) is 10.6 Å². The molecule has 2 fully saturated rings. The molecule has 2 N–H and O–H groups in total. The summed E-state index contributed by atoms with van der Waals surface area (Å²) in [5.74, 6) is -1.28. The Balaban J connectivity index is 1.34. The Morgan fingerprint density at radius 2 is 1.71 bits per heavy atom. The molecule has 186 valence electrons. The molecule has 1 atom stereocenters. The number of amides is 3. The molecule has 2 aromatic rings. The molecule has 2 saturated heterocycles. The number of halogens is 3. The van der Waals surface area contributed by atoms with Crippen LogP contribution in [0.2, 0.25) is 10.0 Å². The molecule has 2 aliphatic rings. The Labute approximate surface area is 212 Å². The number of hydrogen-bond acceptors (Lipinski definition) is 5. The van der Waals surface area contributed by atoms with Crippen LogP contribution in [0, 0.1) is 5.82 Å². The molecule has 0 saturated carbocycles. The molecule has 2 aromatic carbocycles. The van der Waals surface area contributed by atoms with E-state index in [4.69, 9.17) is 23.2 Å². The standard InChI is InChI=1S/C24H26Cl2FN5O3/c25-16-11-17(26)13-18(12-16)29-22(33)14-21-24(35)28-5-6-32(21)23(34)15-30-7-9-31(10-8-30)20-4-2-1-3-19(20)27/h1-4,11-13,21H,5-10,14-15H2,(H,28,35)(H,29,33). The van der Waals surface area contributed by atoms with Crippen molar-refractivity contribution in [2.45, 2.75) is 12.5 Å². The smallest absolute Gasteiger partial charge is 0.243 e. The van der Waals surface area contributed by atoms with Crippen LogP contribution >= 0.6 is 23.2 Å². The second kappa shape index (κ2) is 11.2. The minimum absolute atomic E-state index is 0.125. The largest absolute Gasteiger partial charge is 0.367 e. The van der Waals surface area contributed by atoms with E-state index in [1.807, 2.05) is 9.80 Å². The lowest BCUT2D eigenvalue weighted by Crippen LogP contribution is -2.60. The molecular weight excluding hydrogens is 496 g/mol. The van der Waals surface area contributed by atoms with Gasteiger partial charge in [-0.2, -0.15) is 0 Å². The number of nitrogens with one attached hydrogen (secondary N) is 2. The quantitative estimate of drug-likeness (QED) is 0.610. The zero-order valence-corrected chi connectivity index (χ0v) is 20.5. The number of piperazine rings is 2. The van der Waals surface area contributed by atoms with E-state index in [0.29, 0.717) is 60.7 Å². The van der Waals surface area contributed by atoms with Crippen molar-refractivity contribution in [3.63, 3.8) is 0 Å². The molecule has 11 heteroatoms. The molecular formula is C24H26Cl2FN5O3. The third-order valence-corrected chi connectivity index (χ3v) is 6.54. The molecule has 2 aliphatic heterocycles. The molecule has 8 nitrogen and oxygen atoms in total. The van der Waals surface area contributed by atoms with E-state index >= 15 is 0 Å². The van der Waals surface area contributed by atoms with Crippen molar-refractivity contribution in [2.75, 3.05) is 56.0 Å². The first-order valence-corrected chi connectivity index (χ1v) is 12.1. The minimum Gasteiger partial charge on any atom is -0.367 e. The van der Waals surface area contributed by atoms with Gasteiger partial charge in [0.25, 0.3) is 0 Å². The van der Waals surface area contributed by atoms with Gasteiger partial charge in [0.15, 0.2) is 0 Å². The highest BCUT2D eigenvalue weighted by molar-refractivity contribution is 6.35. The molecule has 0 radical (unpaired) electrons. The minimum atomic E-state index is -0.911. The number of benzene rings is 2. The Morgan fingerprint density at radius 3 is 2.40 bits per heavy atom. The monoisotopic (exact) mass is 521 g/mol. The van der Waals surface area contributed by atoms with Crippen molar-refractivity contribution in [1.82, 2.24) is 15.1 Å². The second-order valence-corrected chi connectivity index (χ2v) is 9.39. The molecule has 2 heterocycles. The van der Waals surface area contributed by atoms with Crippen LogP contribution in [0.15, 0.2) is 42.5 Å². The normalized spacial score (nSPS) is 18.8. The van der Waals surface area contributed by atoms with Crippen LogP contribution in [-0.2, 0) is 14.4 Å². The predicted octanol–water partition coefficient (Wildman–Crippen LogP) is 2.61. The van der Waals surface area contributed by atoms with Crippen molar-refractivity contribution in [2.24, 2.45) is 0 Å². The van der Waals surface area contributed by atoms with Crippen LogP contribution in [0.25, 0.3) is 0 Å². The van der Waals surface area contributed by atoms with Crippen molar-refractivity contribution in [3.8, 4) is 0 Å². The maximum absolute atomic E-state index is 14.1. The summed E-state index contributed by atoms with van der Waals surface area (Å²) in [5.41, 5.74) is 0.965. The average molecular weight is 522 g/mol. The van der Waals surface area contributed by atoms with Gasteiger partial charge in [-0.3, -0.25) is 19.3 Å². The van der Waals surface area contributed by atoms with Gasteiger partial charge >= 0.3 is 0 Å². The lowest BCUT2D eigenvalue weighted by atomic mass is 10.1. The van der Waals surface area contributed by atoms with E-state index < -0.39 is 11.9 Å². The van der Waals surface area contributed by atoms with Gasteiger partial charge in [0, 0.05) is 55.0 Å². The van der Waals surface area contributed by atoms with Gasteiger partial charge in [0.1, 0.15) is 11.9 Å². The summed E-state index contributed by atoms with van der Waals surface area (Å²) in [6.45, 7) is 3.11. The van der Waals surface area contributed by atoms with Gasteiger partial charge in [-0.25, -0.2) is 4.39 Å². The highest BCUT2D eigenvalue weighted by Gasteiger charge is 2.35. The molecule has 1 unspecified atom stereocenters. The van der Waals surface area contributed by atoms with Crippen molar-refractivity contribution in [1.29, 1.82) is 0 Å². The Morgan fingerprint density at radius 1 is 1.03 bits per heavy atom. The molecule has 0 bridgehead atoms. The number of para-hydroxylation sites is 1. The van der Waals surface area contributed by atoms with E-state index in [-0.39, 0.29) is 30.6 Å². The van der Waals surface area contributed by atoms with Crippen LogP contribution < -0.4 is 15.5 Å². The van der Waals surface area contributed by atoms with Crippen molar-refractivity contribution >= 4 is 52.3 Å². The summed E-state index contributed by atoms with van der Waals surface area (Å²) in [6, 6.07) is 10.4. The highest BCUT2D eigenvalue weighted by atomic mass is 35.5. The van der Waals surface area contributed by atoms with Gasteiger partial charge in [-0.15, -0.1) is 0 Å². The fraction of sp³-hybridized carbons (Fsp3) is 0.375. The summed E-state index contributed by atoms with van der Waals surface area (Å²) in [7, 11) is 0. The zero-order chi connectivity index (χ0) is 24.9.